The Balaban J connectivity index is 2.46. The van der Waals surface area contributed by atoms with Crippen LogP contribution in [0.15, 0.2) is 22.7 Å². The third kappa shape index (κ3) is 2.79. The molecule has 5 heteroatoms. The summed E-state index contributed by atoms with van der Waals surface area (Å²) in [5.74, 6) is 1.71. The number of aryl methyl sites for hydroxylation is 2. The van der Waals surface area contributed by atoms with Crippen molar-refractivity contribution in [2.24, 2.45) is 0 Å². The standard InChI is InChI=1S/C13H17BrN4/c1-4-15-8-11-7-12(14)5-6-13(11)18-10(3)16-9(2)17-18/h5-7,15H,4,8H2,1-3H3. The van der Waals surface area contributed by atoms with E-state index in [1.807, 2.05) is 24.6 Å². The molecule has 2 rings (SSSR count). The molecule has 2 aromatic rings. The largest absolute Gasteiger partial charge is 0.313 e. The lowest BCUT2D eigenvalue weighted by Crippen LogP contribution is -2.14. The van der Waals surface area contributed by atoms with Crippen LogP contribution in [0.1, 0.15) is 24.1 Å². The predicted molar refractivity (Wildman–Crippen MR) is 75.9 cm³/mol. The van der Waals surface area contributed by atoms with E-state index in [9.17, 15) is 0 Å². The van der Waals surface area contributed by atoms with Gasteiger partial charge in [-0.05, 0) is 44.2 Å². The monoisotopic (exact) mass is 308 g/mol. The van der Waals surface area contributed by atoms with Crippen LogP contribution < -0.4 is 5.32 Å². The summed E-state index contributed by atoms with van der Waals surface area (Å²) in [6.07, 6.45) is 0. The number of aromatic nitrogens is 3. The maximum Gasteiger partial charge on any atom is 0.148 e. The number of nitrogens with one attached hydrogen (secondary N) is 1. The minimum atomic E-state index is 0.796. The number of hydrogen-bond donors (Lipinski definition) is 1. The number of benzene rings is 1. The number of halogens is 1. The third-order valence-electron chi connectivity index (χ3n) is 2.71. The van der Waals surface area contributed by atoms with E-state index in [1.54, 1.807) is 0 Å². The predicted octanol–water partition coefficient (Wildman–Crippen LogP) is 2.76. The van der Waals surface area contributed by atoms with Gasteiger partial charge in [-0.3, -0.25) is 0 Å². The summed E-state index contributed by atoms with van der Waals surface area (Å²) in [6, 6.07) is 6.22. The quantitative estimate of drug-likeness (QED) is 0.944. The first-order chi connectivity index (χ1) is 8.61. The molecule has 18 heavy (non-hydrogen) atoms. The zero-order valence-electron chi connectivity index (χ0n) is 10.9. The van der Waals surface area contributed by atoms with Gasteiger partial charge in [0.1, 0.15) is 11.6 Å². The van der Waals surface area contributed by atoms with Crippen LogP contribution in [0.25, 0.3) is 5.69 Å². The van der Waals surface area contributed by atoms with E-state index in [4.69, 9.17) is 0 Å². The van der Waals surface area contributed by atoms with Gasteiger partial charge in [0.05, 0.1) is 5.69 Å². The van der Waals surface area contributed by atoms with E-state index >= 15 is 0 Å². The molecule has 4 nitrogen and oxygen atoms in total. The average molecular weight is 309 g/mol. The van der Waals surface area contributed by atoms with Gasteiger partial charge in [-0.15, -0.1) is 0 Å². The first-order valence-corrected chi connectivity index (χ1v) is 6.81. The van der Waals surface area contributed by atoms with Gasteiger partial charge in [0.15, 0.2) is 0 Å². The van der Waals surface area contributed by atoms with E-state index in [1.165, 1.54) is 5.56 Å². The SMILES string of the molecule is CCNCc1cc(Br)ccc1-n1nc(C)nc1C. The Kier molecular flexibility index (Phi) is 4.14. The van der Waals surface area contributed by atoms with Crippen molar-refractivity contribution in [1.29, 1.82) is 0 Å². The van der Waals surface area contributed by atoms with E-state index < -0.39 is 0 Å². The molecule has 0 atom stereocenters. The Bertz CT molecular complexity index is 548. The van der Waals surface area contributed by atoms with Crippen LogP contribution in [0.3, 0.4) is 0 Å². The molecule has 1 aromatic heterocycles. The lowest BCUT2D eigenvalue weighted by Gasteiger charge is -2.11. The van der Waals surface area contributed by atoms with Crippen LogP contribution in [0.5, 0.6) is 0 Å². The third-order valence-corrected chi connectivity index (χ3v) is 3.20. The van der Waals surface area contributed by atoms with Crippen LogP contribution >= 0.6 is 15.9 Å². The van der Waals surface area contributed by atoms with Crippen LogP contribution in [-0.2, 0) is 6.54 Å². The van der Waals surface area contributed by atoms with Crippen LogP contribution in [0.4, 0.5) is 0 Å². The normalized spacial score (nSPS) is 10.9. The molecule has 0 aliphatic rings. The molecule has 0 saturated heterocycles. The van der Waals surface area contributed by atoms with Gasteiger partial charge in [0.2, 0.25) is 0 Å². The van der Waals surface area contributed by atoms with Gasteiger partial charge in [-0.25, -0.2) is 9.67 Å². The lowest BCUT2D eigenvalue weighted by molar-refractivity contribution is 0.713. The molecule has 0 aliphatic heterocycles. The summed E-state index contributed by atoms with van der Waals surface area (Å²) in [4.78, 5) is 4.35. The summed E-state index contributed by atoms with van der Waals surface area (Å²) in [5.41, 5.74) is 2.29. The Morgan fingerprint density at radius 3 is 2.72 bits per heavy atom. The lowest BCUT2D eigenvalue weighted by atomic mass is 10.1. The Morgan fingerprint density at radius 1 is 1.33 bits per heavy atom. The van der Waals surface area contributed by atoms with Crippen molar-refractivity contribution in [3.8, 4) is 5.69 Å². The minimum Gasteiger partial charge on any atom is -0.313 e. The maximum absolute atomic E-state index is 4.44. The van der Waals surface area contributed by atoms with Crippen molar-refractivity contribution < 1.29 is 0 Å². The number of nitrogens with zero attached hydrogens (tertiary/aromatic N) is 3. The number of rotatable bonds is 4. The fourth-order valence-corrected chi connectivity index (χ4v) is 2.32. The molecular weight excluding hydrogens is 292 g/mol. The van der Waals surface area contributed by atoms with Crippen LogP contribution in [0, 0.1) is 13.8 Å². The summed E-state index contributed by atoms with van der Waals surface area (Å²) in [6.45, 7) is 7.75. The second kappa shape index (κ2) is 5.63. The maximum atomic E-state index is 4.44. The first-order valence-electron chi connectivity index (χ1n) is 6.01. The fourth-order valence-electron chi connectivity index (χ4n) is 1.91. The van der Waals surface area contributed by atoms with Gasteiger partial charge in [0, 0.05) is 11.0 Å². The van der Waals surface area contributed by atoms with E-state index in [0.717, 1.165) is 34.9 Å². The highest BCUT2D eigenvalue weighted by molar-refractivity contribution is 9.10. The van der Waals surface area contributed by atoms with Gasteiger partial charge in [-0.1, -0.05) is 22.9 Å². The zero-order chi connectivity index (χ0) is 13.1. The average Bonchev–Trinajstić information content (AvgIpc) is 2.66. The summed E-state index contributed by atoms with van der Waals surface area (Å²) in [7, 11) is 0. The molecule has 0 aliphatic carbocycles. The fraction of sp³-hybridized carbons (Fsp3) is 0.385. The van der Waals surface area contributed by atoms with Crippen molar-refractivity contribution in [3.05, 3.63) is 39.9 Å². The molecular formula is C13H17BrN4. The molecule has 0 unspecified atom stereocenters. The van der Waals surface area contributed by atoms with Crippen molar-refractivity contribution in [2.75, 3.05) is 6.54 Å². The Morgan fingerprint density at radius 2 is 2.11 bits per heavy atom. The molecule has 0 bridgehead atoms. The first kappa shape index (κ1) is 13.2. The molecule has 0 amide bonds. The molecule has 0 fully saturated rings. The van der Waals surface area contributed by atoms with Gasteiger partial charge >= 0.3 is 0 Å². The molecule has 1 aromatic carbocycles. The Hall–Kier alpha value is -1.20. The van der Waals surface area contributed by atoms with Crippen molar-refractivity contribution in [2.45, 2.75) is 27.3 Å². The van der Waals surface area contributed by atoms with E-state index in [0.29, 0.717) is 0 Å². The summed E-state index contributed by atoms with van der Waals surface area (Å²) < 4.78 is 2.97. The van der Waals surface area contributed by atoms with E-state index in [-0.39, 0.29) is 0 Å². The molecule has 96 valence electrons. The van der Waals surface area contributed by atoms with E-state index in [2.05, 4.69) is 50.4 Å². The molecule has 1 N–H and O–H groups in total. The van der Waals surface area contributed by atoms with Gasteiger partial charge in [0.25, 0.3) is 0 Å². The minimum absolute atomic E-state index is 0.796. The van der Waals surface area contributed by atoms with Crippen LogP contribution in [0.2, 0.25) is 0 Å². The highest BCUT2D eigenvalue weighted by Gasteiger charge is 2.10. The molecule has 1 heterocycles. The number of hydrogen-bond acceptors (Lipinski definition) is 3. The molecule has 0 spiro atoms. The molecule has 0 saturated carbocycles. The highest BCUT2D eigenvalue weighted by Crippen LogP contribution is 2.20. The highest BCUT2D eigenvalue weighted by atomic mass is 79.9. The summed E-state index contributed by atoms with van der Waals surface area (Å²) in [5, 5.41) is 7.79. The second-order valence-electron chi connectivity index (χ2n) is 4.17. The van der Waals surface area contributed by atoms with Crippen molar-refractivity contribution in [1.82, 2.24) is 20.1 Å². The van der Waals surface area contributed by atoms with Crippen molar-refractivity contribution in [3.63, 3.8) is 0 Å². The molecule has 0 radical (unpaired) electrons. The second-order valence-corrected chi connectivity index (χ2v) is 5.09. The smallest absolute Gasteiger partial charge is 0.148 e. The van der Waals surface area contributed by atoms with Gasteiger partial charge < -0.3 is 5.32 Å². The van der Waals surface area contributed by atoms with Crippen LogP contribution in [-0.4, -0.2) is 21.3 Å². The zero-order valence-corrected chi connectivity index (χ0v) is 12.5. The van der Waals surface area contributed by atoms with Gasteiger partial charge in [-0.2, -0.15) is 5.10 Å². The van der Waals surface area contributed by atoms with Crippen molar-refractivity contribution >= 4 is 15.9 Å². The summed E-state index contributed by atoms with van der Waals surface area (Å²) >= 11 is 3.51. The Labute approximate surface area is 116 Å². The topological polar surface area (TPSA) is 42.7 Å².